The fourth-order valence-corrected chi connectivity index (χ4v) is 3.62. The first-order valence-corrected chi connectivity index (χ1v) is 8.52. The molecule has 23 heavy (non-hydrogen) atoms. The maximum Gasteiger partial charge on any atom is 0.191 e. The van der Waals surface area contributed by atoms with Crippen molar-refractivity contribution in [3.8, 4) is 0 Å². The van der Waals surface area contributed by atoms with E-state index >= 15 is 0 Å². The van der Waals surface area contributed by atoms with E-state index in [-0.39, 0.29) is 24.0 Å². The first-order valence-electron chi connectivity index (χ1n) is 8.52. The molecule has 130 valence electrons. The highest BCUT2D eigenvalue weighted by atomic mass is 127. The second kappa shape index (κ2) is 9.46. The van der Waals surface area contributed by atoms with Gasteiger partial charge < -0.3 is 15.2 Å². The molecule has 0 amide bonds. The van der Waals surface area contributed by atoms with Crippen molar-refractivity contribution >= 4 is 29.9 Å². The Kier molecular flexibility index (Phi) is 7.61. The number of aromatic nitrogens is 2. The van der Waals surface area contributed by atoms with Gasteiger partial charge in [-0.1, -0.05) is 12.8 Å². The number of likely N-dealkylation sites (tertiary alicyclic amines) is 1. The highest BCUT2D eigenvalue weighted by molar-refractivity contribution is 14.0. The van der Waals surface area contributed by atoms with Gasteiger partial charge in [-0.2, -0.15) is 0 Å². The van der Waals surface area contributed by atoms with E-state index < -0.39 is 0 Å². The van der Waals surface area contributed by atoms with Crippen molar-refractivity contribution in [1.82, 2.24) is 25.1 Å². The number of nitrogens with one attached hydrogen (secondary N) is 2. The van der Waals surface area contributed by atoms with Crippen LogP contribution < -0.4 is 10.6 Å². The summed E-state index contributed by atoms with van der Waals surface area (Å²) in [7, 11) is 1.84. The van der Waals surface area contributed by atoms with Crippen molar-refractivity contribution in [3.63, 3.8) is 0 Å². The van der Waals surface area contributed by atoms with Crippen molar-refractivity contribution in [2.45, 2.75) is 50.7 Å². The number of rotatable bonds is 5. The summed E-state index contributed by atoms with van der Waals surface area (Å²) in [6, 6.07) is 1.36. The summed E-state index contributed by atoms with van der Waals surface area (Å²) in [4.78, 5) is 11.1. The summed E-state index contributed by atoms with van der Waals surface area (Å²) < 4.78 is 2.07. The van der Waals surface area contributed by atoms with Gasteiger partial charge in [0.15, 0.2) is 5.96 Å². The standard InChI is InChI=1S/C16H28N6.HI/c1-17-16(19-8-11-21-10-7-18-13-21)20-14-6-9-22(12-14)15-4-2-3-5-15;/h7,10,13-15H,2-6,8-9,11-12H2,1H3,(H2,17,19,20);1H. The Bertz CT molecular complexity index is 469. The molecule has 2 heterocycles. The van der Waals surface area contributed by atoms with Gasteiger partial charge in [-0.25, -0.2) is 4.98 Å². The molecular weight excluding hydrogens is 403 g/mol. The molecule has 6 nitrogen and oxygen atoms in total. The van der Waals surface area contributed by atoms with E-state index in [0.29, 0.717) is 6.04 Å². The first kappa shape index (κ1) is 18.5. The molecule has 1 aromatic rings. The Balaban J connectivity index is 0.00000192. The maximum absolute atomic E-state index is 4.34. The van der Waals surface area contributed by atoms with Crippen molar-refractivity contribution in [2.75, 3.05) is 26.7 Å². The zero-order chi connectivity index (χ0) is 15.2. The fraction of sp³-hybridized carbons (Fsp3) is 0.750. The lowest BCUT2D eigenvalue weighted by atomic mass is 10.2. The van der Waals surface area contributed by atoms with Crippen LogP contribution >= 0.6 is 24.0 Å². The number of imidazole rings is 1. The Hall–Kier alpha value is -0.830. The zero-order valence-corrected chi connectivity index (χ0v) is 16.3. The van der Waals surface area contributed by atoms with Crippen LogP contribution in [0.1, 0.15) is 32.1 Å². The van der Waals surface area contributed by atoms with Gasteiger partial charge in [-0.3, -0.25) is 9.89 Å². The van der Waals surface area contributed by atoms with E-state index in [2.05, 4.69) is 30.1 Å². The van der Waals surface area contributed by atoms with Gasteiger partial charge in [0.05, 0.1) is 6.33 Å². The van der Waals surface area contributed by atoms with Crippen LogP contribution in [0.5, 0.6) is 0 Å². The molecule has 7 heteroatoms. The molecule has 1 aliphatic carbocycles. The minimum Gasteiger partial charge on any atom is -0.355 e. The molecule has 2 fully saturated rings. The van der Waals surface area contributed by atoms with Crippen LogP contribution in [0.2, 0.25) is 0 Å². The van der Waals surface area contributed by atoms with Gasteiger partial charge in [-0.15, -0.1) is 24.0 Å². The minimum absolute atomic E-state index is 0. The van der Waals surface area contributed by atoms with Gasteiger partial charge in [0.1, 0.15) is 0 Å². The van der Waals surface area contributed by atoms with Gasteiger partial charge in [0, 0.05) is 57.7 Å². The molecule has 3 rings (SSSR count). The predicted octanol–water partition coefficient (Wildman–Crippen LogP) is 1.68. The van der Waals surface area contributed by atoms with E-state index in [1.165, 1.54) is 38.6 Å². The monoisotopic (exact) mass is 432 g/mol. The minimum atomic E-state index is 0. The second-order valence-corrected chi connectivity index (χ2v) is 6.36. The van der Waals surface area contributed by atoms with E-state index in [1.54, 1.807) is 0 Å². The van der Waals surface area contributed by atoms with E-state index in [0.717, 1.165) is 31.6 Å². The average Bonchev–Trinajstić information content (AvgIpc) is 3.27. The third-order valence-corrected chi connectivity index (χ3v) is 4.85. The Labute approximate surface area is 156 Å². The van der Waals surface area contributed by atoms with Crippen molar-refractivity contribution < 1.29 is 0 Å². The van der Waals surface area contributed by atoms with Crippen LogP contribution in [0, 0.1) is 0 Å². The molecule has 1 aromatic heterocycles. The van der Waals surface area contributed by atoms with Gasteiger partial charge >= 0.3 is 0 Å². The lowest BCUT2D eigenvalue weighted by molar-refractivity contribution is 0.242. The topological polar surface area (TPSA) is 57.5 Å². The normalized spacial score (nSPS) is 23.0. The predicted molar refractivity (Wildman–Crippen MR) is 104 cm³/mol. The summed E-state index contributed by atoms with van der Waals surface area (Å²) in [5.41, 5.74) is 0. The van der Waals surface area contributed by atoms with E-state index in [4.69, 9.17) is 0 Å². The molecule has 2 aliphatic rings. The van der Waals surface area contributed by atoms with Crippen LogP contribution in [-0.4, -0.2) is 59.2 Å². The molecule has 0 spiro atoms. The molecule has 1 saturated heterocycles. The van der Waals surface area contributed by atoms with Crippen molar-refractivity contribution in [1.29, 1.82) is 0 Å². The van der Waals surface area contributed by atoms with Crippen LogP contribution in [0.3, 0.4) is 0 Å². The lowest BCUT2D eigenvalue weighted by Gasteiger charge is -2.24. The van der Waals surface area contributed by atoms with Crippen molar-refractivity contribution in [2.24, 2.45) is 4.99 Å². The second-order valence-electron chi connectivity index (χ2n) is 6.36. The molecule has 2 N–H and O–H groups in total. The smallest absolute Gasteiger partial charge is 0.191 e. The number of aliphatic imine (C=N–C) groups is 1. The molecule has 0 aromatic carbocycles. The molecule has 1 atom stereocenters. The molecule has 1 unspecified atom stereocenters. The number of hydrogen-bond acceptors (Lipinski definition) is 3. The van der Waals surface area contributed by atoms with Crippen LogP contribution in [0.4, 0.5) is 0 Å². The SMILES string of the molecule is CN=C(NCCn1ccnc1)NC1CCN(C2CCCC2)C1.I. The Morgan fingerprint density at radius 1 is 1.30 bits per heavy atom. The quantitative estimate of drug-likeness (QED) is 0.423. The lowest BCUT2D eigenvalue weighted by Crippen LogP contribution is -2.45. The van der Waals surface area contributed by atoms with Crippen LogP contribution in [0.15, 0.2) is 23.7 Å². The third-order valence-electron chi connectivity index (χ3n) is 4.85. The Morgan fingerprint density at radius 2 is 2.13 bits per heavy atom. The summed E-state index contributed by atoms with van der Waals surface area (Å²) in [6.45, 7) is 4.15. The largest absolute Gasteiger partial charge is 0.355 e. The number of hydrogen-bond donors (Lipinski definition) is 2. The average molecular weight is 432 g/mol. The summed E-state index contributed by atoms with van der Waals surface area (Å²) in [5, 5.41) is 6.96. The van der Waals surface area contributed by atoms with Gasteiger partial charge in [0.25, 0.3) is 0 Å². The number of halogens is 1. The molecule has 0 radical (unpaired) electrons. The van der Waals surface area contributed by atoms with E-state index in [1.807, 2.05) is 25.8 Å². The summed E-state index contributed by atoms with van der Waals surface area (Å²) >= 11 is 0. The fourth-order valence-electron chi connectivity index (χ4n) is 3.62. The molecule has 0 bridgehead atoms. The highest BCUT2D eigenvalue weighted by Gasteiger charge is 2.30. The van der Waals surface area contributed by atoms with Crippen LogP contribution in [0.25, 0.3) is 0 Å². The van der Waals surface area contributed by atoms with Gasteiger partial charge in [0.2, 0.25) is 0 Å². The molecular formula is C16H29IN6. The first-order chi connectivity index (χ1) is 10.8. The third kappa shape index (κ3) is 5.34. The number of nitrogens with zero attached hydrogens (tertiary/aromatic N) is 4. The summed E-state index contributed by atoms with van der Waals surface area (Å²) in [5.74, 6) is 0.915. The van der Waals surface area contributed by atoms with Crippen LogP contribution in [-0.2, 0) is 6.54 Å². The van der Waals surface area contributed by atoms with Gasteiger partial charge in [-0.05, 0) is 19.3 Å². The Morgan fingerprint density at radius 3 is 2.83 bits per heavy atom. The molecule has 1 aliphatic heterocycles. The highest BCUT2D eigenvalue weighted by Crippen LogP contribution is 2.26. The molecule has 1 saturated carbocycles. The summed E-state index contributed by atoms with van der Waals surface area (Å²) in [6.07, 6.45) is 12.5. The van der Waals surface area contributed by atoms with Crippen molar-refractivity contribution in [3.05, 3.63) is 18.7 Å². The zero-order valence-electron chi connectivity index (χ0n) is 13.9. The maximum atomic E-state index is 4.34. The number of guanidine groups is 1. The van der Waals surface area contributed by atoms with E-state index in [9.17, 15) is 0 Å².